The molecule has 3 rings (SSSR count). The lowest BCUT2D eigenvalue weighted by atomic mass is 10.0. The standard InChI is InChI=1S/C16H15NO2S/c1-3-12-5-7-14(20-12)16(19)10-4-6-13-11(8-10)9-15(18)17(13)2/h4-8H,3,9H2,1-2H3. The summed E-state index contributed by atoms with van der Waals surface area (Å²) in [5.41, 5.74) is 2.51. The molecule has 20 heavy (non-hydrogen) atoms. The number of carbonyl (C=O) groups excluding carboxylic acids is 2. The molecule has 2 aromatic rings. The van der Waals surface area contributed by atoms with Gasteiger partial charge in [-0.05, 0) is 42.3 Å². The van der Waals surface area contributed by atoms with Crippen molar-refractivity contribution < 1.29 is 9.59 Å². The van der Waals surface area contributed by atoms with Crippen molar-refractivity contribution in [1.82, 2.24) is 0 Å². The van der Waals surface area contributed by atoms with E-state index in [1.54, 1.807) is 23.3 Å². The van der Waals surface area contributed by atoms with E-state index in [0.29, 0.717) is 12.0 Å². The third kappa shape index (κ3) is 2.06. The minimum atomic E-state index is 0.0412. The van der Waals surface area contributed by atoms with Gasteiger partial charge in [-0.25, -0.2) is 0 Å². The number of thiophene rings is 1. The molecule has 0 saturated carbocycles. The van der Waals surface area contributed by atoms with E-state index in [-0.39, 0.29) is 11.7 Å². The summed E-state index contributed by atoms with van der Waals surface area (Å²) in [6.07, 6.45) is 1.33. The van der Waals surface area contributed by atoms with Crippen LogP contribution in [0.5, 0.6) is 0 Å². The molecular weight excluding hydrogens is 270 g/mol. The fourth-order valence-corrected chi connectivity index (χ4v) is 3.35. The molecule has 0 bridgehead atoms. The first-order chi connectivity index (χ1) is 9.60. The molecule has 1 amide bonds. The van der Waals surface area contributed by atoms with Gasteiger partial charge >= 0.3 is 0 Å². The normalized spacial score (nSPS) is 13.7. The third-order valence-corrected chi connectivity index (χ3v) is 4.88. The van der Waals surface area contributed by atoms with Crippen molar-refractivity contribution >= 4 is 28.7 Å². The van der Waals surface area contributed by atoms with Crippen molar-refractivity contribution in [3.05, 3.63) is 51.2 Å². The molecule has 2 heterocycles. The Hall–Kier alpha value is -1.94. The van der Waals surface area contributed by atoms with Gasteiger partial charge in [-0.1, -0.05) is 6.92 Å². The smallest absolute Gasteiger partial charge is 0.231 e. The van der Waals surface area contributed by atoms with Gasteiger partial charge in [0.05, 0.1) is 11.3 Å². The van der Waals surface area contributed by atoms with E-state index in [9.17, 15) is 9.59 Å². The number of carbonyl (C=O) groups is 2. The molecule has 0 saturated heterocycles. The van der Waals surface area contributed by atoms with E-state index in [2.05, 4.69) is 6.92 Å². The fraction of sp³-hybridized carbons (Fsp3) is 0.250. The number of ketones is 1. The highest BCUT2D eigenvalue weighted by molar-refractivity contribution is 7.14. The molecule has 0 fully saturated rings. The Bertz CT molecular complexity index is 702. The number of rotatable bonds is 3. The number of hydrogen-bond donors (Lipinski definition) is 0. The van der Waals surface area contributed by atoms with Crippen molar-refractivity contribution in [3.8, 4) is 0 Å². The van der Waals surface area contributed by atoms with Crippen LogP contribution < -0.4 is 4.90 Å². The summed E-state index contributed by atoms with van der Waals surface area (Å²) in [6, 6.07) is 9.41. The highest BCUT2D eigenvalue weighted by Gasteiger charge is 2.25. The van der Waals surface area contributed by atoms with Gasteiger partial charge in [-0.15, -0.1) is 11.3 Å². The molecule has 3 nitrogen and oxygen atoms in total. The molecule has 0 radical (unpaired) electrons. The number of amides is 1. The summed E-state index contributed by atoms with van der Waals surface area (Å²) in [5.74, 6) is 0.119. The predicted octanol–water partition coefficient (Wildman–Crippen LogP) is 3.06. The van der Waals surface area contributed by atoms with Crippen molar-refractivity contribution in [2.75, 3.05) is 11.9 Å². The van der Waals surface area contributed by atoms with Crippen LogP contribution in [0.15, 0.2) is 30.3 Å². The Morgan fingerprint density at radius 2 is 2.10 bits per heavy atom. The minimum Gasteiger partial charge on any atom is -0.315 e. The quantitative estimate of drug-likeness (QED) is 0.813. The molecule has 0 atom stereocenters. The van der Waals surface area contributed by atoms with Crippen LogP contribution in [-0.2, 0) is 17.6 Å². The Morgan fingerprint density at radius 1 is 1.30 bits per heavy atom. The zero-order valence-corrected chi connectivity index (χ0v) is 12.3. The Morgan fingerprint density at radius 3 is 2.80 bits per heavy atom. The molecular formula is C16H15NO2S. The summed E-state index contributed by atoms with van der Waals surface area (Å²) in [7, 11) is 1.77. The van der Waals surface area contributed by atoms with Crippen LogP contribution in [-0.4, -0.2) is 18.7 Å². The van der Waals surface area contributed by atoms with Crippen LogP contribution >= 0.6 is 11.3 Å². The first kappa shape index (κ1) is 13.1. The largest absolute Gasteiger partial charge is 0.315 e. The minimum absolute atomic E-state index is 0.0412. The second-order valence-corrected chi connectivity index (χ2v) is 6.09. The molecule has 102 valence electrons. The zero-order valence-electron chi connectivity index (χ0n) is 11.5. The van der Waals surface area contributed by atoms with Crippen molar-refractivity contribution in [2.24, 2.45) is 0 Å². The van der Waals surface area contributed by atoms with Gasteiger partial charge in [-0.3, -0.25) is 9.59 Å². The number of aryl methyl sites for hydroxylation is 1. The molecule has 0 N–H and O–H groups in total. The average Bonchev–Trinajstić information content (AvgIpc) is 3.04. The van der Waals surface area contributed by atoms with Crippen LogP contribution in [0.3, 0.4) is 0 Å². The van der Waals surface area contributed by atoms with Crippen LogP contribution in [0, 0.1) is 0 Å². The van der Waals surface area contributed by atoms with Gasteiger partial charge in [0.2, 0.25) is 11.7 Å². The van der Waals surface area contributed by atoms with E-state index in [1.807, 2.05) is 30.3 Å². The van der Waals surface area contributed by atoms with Gasteiger partial charge < -0.3 is 4.90 Å². The molecule has 1 aliphatic heterocycles. The number of likely N-dealkylation sites (N-methyl/N-ethyl adjacent to an activating group) is 1. The second-order valence-electron chi connectivity index (χ2n) is 4.92. The first-order valence-corrected chi connectivity index (χ1v) is 7.44. The van der Waals surface area contributed by atoms with Crippen LogP contribution in [0.4, 0.5) is 5.69 Å². The van der Waals surface area contributed by atoms with Crippen molar-refractivity contribution in [1.29, 1.82) is 0 Å². The SMILES string of the molecule is CCc1ccc(C(=O)c2ccc3c(c2)CC(=O)N3C)s1. The number of fused-ring (bicyclic) bond motifs is 1. The fourth-order valence-electron chi connectivity index (χ4n) is 2.44. The summed E-state index contributed by atoms with van der Waals surface area (Å²) >= 11 is 1.54. The van der Waals surface area contributed by atoms with Crippen molar-refractivity contribution in [3.63, 3.8) is 0 Å². The number of hydrogen-bond acceptors (Lipinski definition) is 3. The topological polar surface area (TPSA) is 37.4 Å². The first-order valence-electron chi connectivity index (χ1n) is 6.63. The van der Waals surface area contributed by atoms with Crippen LogP contribution in [0.2, 0.25) is 0 Å². The zero-order chi connectivity index (χ0) is 14.3. The lowest BCUT2D eigenvalue weighted by Crippen LogP contribution is -2.20. The average molecular weight is 285 g/mol. The van der Waals surface area contributed by atoms with E-state index in [0.717, 1.165) is 22.5 Å². The van der Waals surface area contributed by atoms with E-state index >= 15 is 0 Å². The molecule has 1 aromatic heterocycles. The summed E-state index contributed by atoms with van der Waals surface area (Å²) in [6.45, 7) is 2.08. The maximum absolute atomic E-state index is 12.5. The van der Waals surface area contributed by atoms with Gasteiger partial charge in [0.1, 0.15) is 0 Å². The van der Waals surface area contributed by atoms with Crippen molar-refractivity contribution in [2.45, 2.75) is 19.8 Å². The Labute approximate surface area is 121 Å². The lowest BCUT2D eigenvalue weighted by molar-refractivity contribution is -0.117. The van der Waals surface area contributed by atoms with Gasteiger partial charge in [-0.2, -0.15) is 0 Å². The molecule has 1 aromatic carbocycles. The maximum atomic E-state index is 12.5. The molecule has 0 unspecified atom stereocenters. The maximum Gasteiger partial charge on any atom is 0.231 e. The molecule has 1 aliphatic rings. The van der Waals surface area contributed by atoms with E-state index in [1.165, 1.54) is 4.88 Å². The van der Waals surface area contributed by atoms with Crippen LogP contribution in [0.1, 0.15) is 32.6 Å². The highest BCUT2D eigenvalue weighted by Crippen LogP contribution is 2.29. The van der Waals surface area contributed by atoms with Gasteiger partial charge in [0, 0.05) is 23.2 Å². The third-order valence-electron chi connectivity index (χ3n) is 3.65. The number of nitrogens with zero attached hydrogens (tertiary/aromatic N) is 1. The summed E-state index contributed by atoms with van der Waals surface area (Å²) < 4.78 is 0. The molecule has 4 heteroatoms. The lowest BCUT2D eigenvalue weighted by Gasteiger charge is -2.10. The van der Waals surface area contributed by atoms with Gasteiger partial charge in [0.15, 0.2) is 0 Å². The summed E-state index contributed by atoms with van der Waals surface area (Å²) in [5, 5.41) is 0. The Balaban J connectivity index is 1.94. The second kappa shape index (κ2) is 4.87. The van der Waals surface area contributed by atoms with Gasteiger partial charge in [0.25, 0.3) is 0 Å². The van der Waals surface area contributed by atoms with E-state index in [4.69, 9.17) is 0 Å². The highest BCUT2D eigenvalue weighted by atomic mass is 32.1. The Kier molecular flexibility index (Phi) is 3.18. The number of anilines is 1. The van der Waals surface area contributed by atoms with E-state index < -0.39 is 0 Å². The predicted molar refractivity (Wildman–Crippen MR) is 80.7 cm³/mol. The monoisotopic (exact) mass is 285 g/mol. The number of benzene rings is 1. The molecule has 0 spiro atoms. The molecule has 0 aliphatic carbocycles. The summed E-state index contributed by atoms with van der Waals surface area (Å²) in [4.78, 5) is 27.7. The van der Waals surface area contributed by atoms with Crippen LogP contribution in [0.25, 0.3) is 0 Å².